The number of hydrogen-bond acceptors (Lipinski definition) is 8. The molecule has 1 fully saturated rings. The zero-order valence-corrected chi connectivity index (χ0v) is 14.3. The normalized spacial score (nSPS) is 29.5. The minimum absolute atomic E-state index is 0.131. The van der Waals surface area contributed by atoms with Crippen molar-refractivity contribution in [2.45, 2.75) is 44.2 Å². The number of aliphatic hydroxyl groups is 5. The molecule has 26 heavy (non-hydrogen) atoms. The summed E-state index contributed by atoms with van der Waals surface area (Å²) in [7, 11) is 0. The second kappa shape index (κ2) is 9.13. The molecule has 1 heterocycles. The van der Waals surface area contributed by atoms with E-state index in [4.69, 9.17) is 9.47 Å². The highest BCUT2D eigenvalue weighted by atomic mass is 16.7. The zero-order chi connectivity index (χ0) is 19.3. The summed E-state index contributed by atoms with van der Waals surface area (Å²) < 4.78 is 10.9. The predicted octanol–water partition coefficient (Wildman–Crippen LogP) is -0.348. The van der Waals surface area contributed by atoms with E-state index in [0.717, 1.165) is 0 Å². The van der Waals surface area contributed by atoms with Crippen molar-refractivity contribution >= 4 is 6.08 Å². The summed E-state index contributed by atoms with van der Waals surface area (Å²) in [4.78, 5) is 0. The molecule has 1 aliphatic rings. The maximum Gasteiger partial charge on any atom is 0.229 e. The fraction of sp³-hybridized carbons (Fsp3) is 0.444. The van der Waals surface area contributed by atoms with Crippen LogP contribution in [0.2, 0.25) is 0 Å². The summed E-state index contributed by atoms with van der Waals surface area (Å²) in [5, 5.41) is 58.5. The maximum absolute atomic E-state index is 10.1. The van der Waals surface area contributed by atoms with E-state index in [2.05, 4.69) is 0 Å². The van der Waals surface area contributed by atoms with Crippen molar-refractivity contribution in [3.63, 3.8) is 0 Å². The summed E-state index contributed by atoms with van der Waals surface area (Å²) in [6.07, 6.45) is -0.284. The van der Waals surface area contributed by atoms with Gasteiger partial charge in [-0.3, -0.25) is 0 Å². The minimum atomic E-state index is -1.57. The molecule has 6 N–H and O–H groups in total. The van der Waals surface area contributed by atoms with Gasteiger partial charge in [0.15, 0.2) is 0 Å². The van der Waals surface area contributed by atoms with Gasteiger partial charge in [0.2, 0.25) is 6.29 Å². The molecule has 0 amide bonds. The second-order valence-corrected chi connectivity index (χ2v) is 5.83. The summed E-state index contributed by atoms with van der Waals surface area (Å²) in [5.74, 6) is 0.0470. The monoisotopic (exact) mass is 368 g/mol. The quantitative estimate of drug-likeness (QED) is 0.375. The topological polar surface area (TPSA) is 140 Å². The fourth-order valence-electron chi connectivity index (χ4n) is 2.64. The van der Waals surface area contributed by atoms with Gasteiger partial charge in [0.05, 0.1) is 13.2 Å². The number of hydrogen-bond donors (Lipinski definition) is 6. The molecule has 0 aliphatic carbocycles. The Kier molecular flexibility index (Phi) is 7.15. The van der Waals surface area contributed by atoms with Crippen molar-refractivity contribution in [2.24, 2.45) is 0 Å². The second-order valence-electron chi connectivity index (χ2n) is 5.83. The molecule has 0 bridgehead atoms. The minimum Gasteiger partial charge on any atom is -0.508 e. The standard InChI is InChI=1S/C18H24O8/c1-2-3-4-5-10-11(8-19)12(21)6-7-13(10)25-18-17(24)16(23)15(22)14(9-20)26-18/h2-7,14-24H,8-9H2,1H3/b3-2+,5-4+/t14-,15-,16+,17-,18-/m1/s1. The van der Waals surface area contributed by atoms with E-state index in [0.29, 0.717) is 5.56 Å². The molecule has 1 aliphatic heterocycles. The van der Waals surface area contributed by atoms with E-state index in [1.165, 1.54) is 12.1 Å². The third-order valence-corrected chi connectivity index (χ3v) is 4.11. The van der Waals surface area contributed by atoms with Crippen molar-refractivity contribution < 1.29 is 40.1 Å². The van der Waals surface area contributed by atoms with E-state index >= 15 is 0 Å². The Balaban J connectivity index is 2.36. The molecule has 0 saturated carbocycles. The van der Waals surface area contributed by atoms with Crippen LogP contribution in [-0.4, -0.2) is 68.0 Å². The van der Waals surface area contributed by atoms with Crippen LogP contribution >= 0.6 is 0 Å². The van der Waals surface area contributed by atoms with Gasteiger partial charge in [0.25, 0.3) is 0 Å². The first-order chi connectivity index (χ1) is 12.4. The Morgan fingerprint density at radius 2 is 1.81 bits per heavy atom. The van der Waals surface area contributed by atoms with Crippen molar-refractivity contribution in [2.75, 3.05) is 6.61 Å². The average molecular weight is 368 g/mol. The van der Waals surface area contributed by atoms with Gasteiger partial charge in [0, 0.05) is 11.1 Å². The number of benzene rings is 1. The molecule has 0 aromatic heterocycles. The number of rotatable bonds is 6. The lowest BCUT2D eigenvalue weighted by Crippen LogP contribution is -2.60. The average Bonchev–Trinajstić information content (AvgIpc) is 2.64. The Morgan fingerprint density at radius 1 is 1.08 bits per heavy atom. The molecule has 144 valence electrons. The van der Waals surface area contributed by atoms with Crippen LogP contribution in [0.1, 0.15) is 18.1 Å². The van der Waals surface area contributed by atoms with E-state index in [1.807, 2.05) is 6.92 Å². The Bertz CT molecular complexity index is 655. The highest BCUT2D eigenvalue weighted by Gasteiger charge is 2.44. The Labute approximate surface area is 150 Å². The van der Waals surface area contributed by atoms with Crippen molar-refractivity contribution in [1.82, 2.24) is 0 Å². The molecule has 1 saturated heterocycles. The van der Waals surface area contributed by atoms with Crippen LogP contribution in [0.15, 0.2) is 30.4 Å². The van der Waals surface area contributed by atoms with Gasteiger partial charge >= 0.3 is 0 Å². The lowest BCUT2D eigenvalue weighted by atomic mass is 9.99. The predicted molar refractivity (Wildman–Crippen MR) is 92.3 cm³/mol. The summed E-state index contributed by atoms with van der Waals surface area (Å²) in [6.45, 7) is 0.800. The maximum atomic E-state index is 10.1. The lowest BCUT2D eigenvalue weighted by Gasteiger charge is -2.39. The Morgan fingerprint density at radius 3 is 2.42 bits per heavy atom. The van der Waals surface area contributed by atoms with Gasteiger partial charge in [0.1, 0.15) is 35.9 Å². The van der Waals surface area contributed by atoms with Crippen LogP contribution in [0.3, 0.4) is 0 Å². The van der Waals surface area contributed by atoms with Crippen molar-refractivity contribution in [3.8, 4) is 11.5 Å². The highest BCUT2D eigenvalue weighted by Crippen LogP contribution is 2.33. The van der Waals surface area contributed by atoms with Crippen molar-refractivity contribution in [1.29, 1.82) is 0 Å². The molecule has 0 radical (unpaired) electrons. The summed E-state index contributed by atoms with van der Waals surface area (Å²) in [5.41, 5.74) is 0.579. The van der Waals surface area contributed by atoms with Crippen LogP contribution in [0.25, 0.3) is 6.08 Å². The molecule has 8 nitrogen and oxygen atoms in total. The first-order valence-electron chi connectivity index (χ1n) is 8.16. The molecule has 2 rings (SSSR count). The van der Waals surface area contributed by atoms with Gasteiger partial charge < -0.3 is 40.1 Å². The smallest absolute Gasteiger partial charge is 0.229 e. The van der Waals surface area contributed by atoms with Crippen molar-refractivity contribution in [3.05, 3.63) is 41.5 Å². The molecule has 1 aromatic rings. The largest absolute Gasteiger partial charge is 0.508 e. The van der Waals surface area contributed by atoms with Gasteiger partial charge in [-0.1, -0.05) is 24.3 Å². The summed E-state index contributed by atoms with van der Waals surface area (Å²) >= 11 is 0. The van der Waals surface area contributed by atoms with E-state index in [9.17, 15) is 30.6 Å². The van der Waals surface area contributed by atoms with Gasteiger partial charge in [-0.2, -0.15) is 0 Å². The first-order valence-corrected chi connectivity index (χ1v) is 8.16. The molecular formula is C18H24O8. The number of allylic oxidation sites excluding steroid dienone is 3. The third-order valence-electron chi connectivity index (χ3n) is 4.11. The van der Waals surface area contributed by atoms with Gasteiger partial charge in [-0.05, 0) is 19.1 Å². The number of ether oxygens (including phenoxy) is 2. The molecular weight excluding hydrogens is 344 g/mol. The van der Waals surface area contributed by atoms with Crippen LogP contribution in [0.5, 0.6) is 11.5 Å². The fourth-order valence-corrected chi connectivity index (χ4v) is 2.64. The molecule has 5 atom stereocenters. The van der Waals surface area contributed by atoms with E-state index in [-0.39, 0.29) is 17.1 Å². The molecule has 0 unspecified atom stereocenters. The first kappa shape index (κ1) is 20.4. The molecule has 0 spiro atoms. The van der Waals surface area contributed by atoms with Gasteiger partial charge in [-0.25, -0.2) is 0 Å². The van der Waals surface area contributed by atoms with E-state index in [1.54, 1.807) is 24.3 Å². The summed E-state index contributed by atoms with van der Waals surface area (Å²) in [6, 6.07) is 2.74. The van der Waals surface area contributed by atoms with Crippen LogP contribution in [0, 0.1) is 0 Å². The number of aliphatic hydroxyl groups excluding tert-OH is 5. The molecule has 8 heteroatoms. The van der Waals surface area contributed by atoms with E-state index < -0.39 is 43.9 Å². The van der Waals surface area contributed by atoms with Gasteiger partial charge in [-0.15, -0.1) is 0 Å². The molecule has 1 aromatic carbocycles. The Hall–Kier alpha value is -1.94. The number of aromatic hydroxyl groups is 1. The SMILES string of the molecule is C/C=C/C=C/c1c(O[C@@H]2O[C@H](CO)[C@@H](O)[C@H](O)[C@H]2O)ccc(O)c1CO. The van der Waals surface area contributed by atoms with Crippen LogP contribution in [-0.2, 0) is 11.3 Å². The van der Waals surface area contributed by atoms with Crippen LogP contribution < -0.4 is 4.74 Å². The number of phenols is 1. The zero-order valence-electron chi connectivity index (χ0n) is 14.3. The third kappa shape index (κ3) is 4.24. The van der Waals surface area contributed by atoms with Crippen LogP contribution in [0.4, 0.5) is 0 Å². The lowest BCUT2D eigenvalue weighted by molar-refractivity contribution is -0.277. The highest BCUT2D eigenvalue weighted by molar-refractivity contribution is 5.65.